The average molecular weight is 505 g/mol. The Kier molecular flexibility index (Phi) is 9.50. The van der Waals surface area contributed by atoms with Gasteiger partial charge in [-0.05, 0) is 37.8 Å². The fourth-order valence-corrected chi connectivity index (χ4v) is 4.31. The second-order valence-electron chi connectivity index (χ2n) is 7.53. The number of aliphatic carboxylic acids is 2. The van der Waals surface area contributed by atoms with Crippen molar-refractivity contribution >= 4 is 29.2 Å². The number of amides is 1. The second kappa shape index (κ2) is 11.9. The molecule has 1 atom stereocenters. The maximum Gasteiger partial charge on any atom is 0.490 e. The van der Waals surface area contributed by atoms with Crippen molar-refractivity contribution in [2.75, 3.05) is 26.2 Å². The number of carboxylic acid groups (broad SMARTS) is 2. The Labute approximate surface area is 196 Å². The number of rotatable bonds is 6. The lowest BCUT2D eigenvalue weighted by Gasteiger charge is -2.32. The predicted molar refractivity (Wildman–Crippen MR) is 115 cm³/mol. The van der Waals surface area contributed by atoms with E-state index in [1.54, 1.807) is 19.1 Å². The van der Waals surface area contributed by atoms with Crippen LogP contribution in [0.2, 0.25) is 0 Å². The van der Waals surface area contributed by atoms with Crippen molar-refractivity contribution < 1.29 is 42.2 Å². The lowest BCUT2D eigenvalue weighted by Crippen LogP contribution is -2.43. The summed E-state index contributed by atoms with van der Waals surface area (Å²) in [5, 5.41) is 19.4. The molecule has 1 aliphatic heterocycles. The average Bonchev–Trinajstić information content (AvgIpc) is 3.14. The molecule has 0 saturated carbocycles. The number of benzene rings is 1. The Balaban J connectivity index is 0.000000509. The number of nitrogens with one attached hydrogen (secondary N) is 1. The van der Waals surface area contributed by atoms with Crippen LogP contribution in [0.5, 0.6) is 0 Å². The van der Waals surface area contributed by atoms with E-state index < -0.39 is 18.1 Å². The van der Waals surface area contributed by atoms with Crippen LogP contribution < -0.4 is 5.32 Å². The van der Waals surface area contributed by atoms with Gasteiger partial charge in [-0.25, -0.2) is 14.2 Å². The number of aromatic nitrogens is 1. The summed E-state index contributed by atoms with van der Waals surface area (Å²) in [6.45, 7) is 3.57. The molecular formula is C21H23F4N3O5S. The number of likely N-dealkylation sites (tertiary alicyclic amines) is 1. The molecule has 1 aliphatic rings. The van der Waals surface area contributed by atoms with Gasteiger partial charge in [0, 0.05) is 25.2 Å². The number of halogens is 4. The van der Waals surface area contributed by atoms with Gasteiger partial charge in [0.1, 0.15) is 15.7 Å². The minimum atomic E-state index is -5.08. The predicted octanol–water partition coefficient (Wildman–Crippen LogP) is 3.42. The minimum absolute atomic E-state index is 0.0596. The first kappa shape index (κ1) is 27.2. The topological polar surface area (TPSA) is 120 Å². The quantitative estimate of drug-likeness (QED) is 0.515. The van der Waals surface area contributed by atoms with Crippen LogP contribution in [0, 0.1) is 18.7 Å². The van der Waals surface area contributed by atoms with Crippen LogP contribution >= 0.6 is 11.3 Å². The van der Waals surface area contributed by atoms with Gasteiger partial charge < -0.3 is 20.4 Å². The molecule has 186 valence electrons. The number of nitrogens with zero attached hydrogens (tertiary/aromatic N) is 2. The van der Waals surface area contributed by atoms with E-state index in [9.17, 15) is 27.2 Å². The van der Waals surface area contributed by atoms with Gasteiger partial charge in [-0.3, -0.25) is 9.59 Å². The Morgan fingerprint density at radius 3 is 2.53 bits per heavy atom. The van der Waals surface area contributed by atoms with Crippen molar-refractivity contribution in [2.45, 2.75) is 25.9 Å². The highest BCUT2D eigenvalue weighted by atomic mass is 32.1. The second-order valence-corrected chi connectivity index (χ2v) is 8.53. The molecule has 1 aromatic heterocycles. The lowest BCUT2D eigenvalue weighted by atomic mass is 9.98. The van der Waals surface area contributed by atoms with E-state index in [0.29, 0.717) is 40.8 Å². The van der Waals surface area contributed by atoms with Crippen LogP contribution in [0.4, 0.5) is 17.6 Å². The Bertz CT molecular complexity index is 1030. The van der Waals surface area contributed by atoms with Crippen molar-refractivity contribution in [1.82, 2.24) is 15.2 Å². The number of alkyl halides is 3. The van der Waals surface area contributed by atoms with Crippen molar-refractivity contribution in [2.24, 2.45) is 5.92 Å². The number of thiazole rings is 1. The van der Waals surface area contributed by atoms with Gasteiger partial charge in [-0.15, -0.1) is 11.3 Å². The zero-order chi connectivity index (χ0) is 25.5. The number of hydrogen-bond donors (Lipinski definition) is 3. The molecule has 0 aliphatic carbocycles. The van der Waals surface area contributed by atoms with Gasteiger partial charge in [-0.2, -0.15) is 13.2 Å². The number of aryl methyl sites for hydroxylation is 1. The van der Waals surface area contributed by atoms with Crippen LogP contribution in [0.25, 0.3) is 10.6 Å². The summed E-state index contributed by atoms with van der Waals surface area (Å²) in [5.74, 6) is -3.80. The van der Waals surface area contributed by atoms with Crippen molar-refractivity contribution in [3.05, 3.63) is 40.7 Å². The zero-order valence-corrected chi connectivity index (χ0v) is 18.9. The fraction of sp³-hybridized carbons (Fsp3) is 0.429. The zero-order valence-electron chi connectivity index (χ0n) is 18.1. The van der Waals surface area contributed by atoms with Gasteiger partial charge in [-0.1, -0.05) is 12.1 Å². The number of piperidine rings is 1. The first-order valence-electron chi connectivity index (χ1n) is 10.1. The highest BCUT2D eigenvalue weighted by Crippen LogP contribution is 2.30. The third-order valence-corrected chi connectivity index (χ3v) is 6.01. The first-order chi connectivity index (χ1) is 15.9. The third kappa shape index (κ3) is 8.06. The molecule has 0 bridgehead atoms. The van der Waals surface area contributed by atoms with Crippen LogP contribution in [0.15, 0.2) is 24.3 Å². The molecule has 1 unspecified atom stereocenters. The maximum atomic E-state index is 13.5. The van der Waals surface area contributed by atoms with E-state index in [1.165, 1.54) is 23.5 Å². The fourth-order valence-electron chi connectivity index (χ4n) is 3.28. The Morgan fingerprint density at radius 1 is 1.26 bits per heavy atom. The van der Waals surface area contributed by atoms with E-state index in [2.05, 4.69) is 10.3 Å². The molecule has 1 saturated heterocycles. The Morgan fingerprint density at radius 2 is 1.94 bits per heavy atom. The molecule has 8 nitrogen and oxygen atoms in total. The Hall–Kier alpha value is -3.06. The summed E-state index contributed by atoms with van der Waals surface area (Å²) in [4.78, 5) is 39.3. The van der Waals surface area contributed by atoms with E-state index in [0.717, 1.165) is 12.8 Å². The molecule has 2 aromatic rings. The van der Waals surface area contributed by atoms with E-state index in [4.69, 9.17) is 15.0 Å². The molecule has 34 heavy (non-hydrogen) atoms. The molecule has 2 heterocycles. The molecule has 1 amide bonds. The molecule has 0 spiro atoms. The number of carbonyl (C=O) groups excluding carboxylic acids is 1. The SMILES string of the molecule is Cc1nc(-c2cccc(F)c2)sc1C(=O)N1CCCC(CNCC(=O)O)C1.O=C(O)C(F)(F)F. The number of carbonyl (C=O) groups is 3. The van der Waals surface area contributed by atoms with E-state index >= 15 is 0 Å². The molecule has 13 heteroatoms. The lowest BCUT2D eigenvalue weighted by molar-refractivity contribution is -0.192. The number of carboxylic acids is 2. The van der Waals surface area contributed by atoms with Crippen LogP contribution in [0.3, 0.4) is 0 Å². The summed E-state index contributed by atoms with van der Waals surface area (Å²) < 4.78 is 45.2. The monoisotopic (exact) mass is 505 g/mol. The molecule has 3 rings (SSSR count). The van der Waals surface area contributed by atoms with Crippen LogP contribution in [-0.4, -0.2) is 70.3 Å². The van der Waals surface area contributed by atoms with Gasteiger partial charge in [0.05, 0.1) is 12.2 Å². The van der Waals surface area contributed by atoms with E-state index in [-0.39, 0.29) is 24.2 Å². The van der Waals surface area contributed by atoms with Crippen molar-refractivity contribution in [3.8, 4) is 10.6 Å². The minimum Gasteiger partial charge on any atom is -0.480 e. The van der Waals surface area contributed by atoms with Crippen molar-refractivity contribution in [3.63, 3.8) is 0 Å². The van der Waals surface area contributed by atoms with Gasteiger partial charge in [0.25, 0.3) is 5.91 Å². The first-order valence-corrected chi connectivity index (χ1v) is 11.0. The standard InChI is InChI=1S/C19H22FN3O3S.C2HF3O2/c1-12-17(27-18(22-12)14-5-2-6-15(20)8-14)19(26)23-7-3-4-13(11-23)9-21-10-16(24)25;3-2(4,5)1(6)7/h2,5-6,8,13,21H,3-4,7,9-11H2,1H3,(H,24,25);(H,6,7). The molecule has 0 radical (unpaired) electrons. The summed E-state index contributed by atoms with van der Waals surface area (Å²) in [5.41, 5.74) is 1.31. The smallest absolute Gasteiger partial charge is 0.480 e. The maximum absolute atomic E-state index is 13.5. The number of hydrogen-bond acceptors (Lipinski definition) is 6. The van der Waals surface area contributed by atoms with Gasteiger partial charge >= 0.3 is 18.1 Å². The van der Waals surface area contributed by atoms with Crippen LogP contribution in [-0.2, 0) is 9.59 Å². The largest absolute Gasteiger partial charge is 0.490 e. The van der Waals surface area contributed by atoms with Gasteiger partial charge in [0.15, 0.2) is 0 Å². The summed E-state index contributed by atoms with van der Waals surface area (Å²) >= 11 is 1.28. The molecule has 3 N–H and O–H groups in total. The molecule has 1 aromatic carbocycles. The summed E-state index contributed by atoms with van der Waals surface area (Å²) in [7, 11) is 0. The van der Waals surface area contributed by atoms with Crippen LogP contribution in [0.1, 0.15) is 28.2 Å². The molecule has 1 fully saturated rings. The van der Waals surface area contributed by atoms with Crippen molar-refractivity contribution in [1.29, 1.82) is 0 Å². The highest BCUT2D eigenvalue weighted by Gasteiger charge is 2.38. The van der Waals surface area contributed by atoms with Gasteiger partial charge in [0.2, 0.25) is 0 Å². The highest BCUT2D eigenvalue weighted by molar-refractivity contribution is 7.17. The molecular weight excluding hydrogens is 482 g/mol. The normalized spacial score (nSPS) is 15.9. The van der Waals surface area contributed by atoms with E-state index in [1.807, 2.05) is 4.90 Å². The summed E-state index contributed by atoms with van der Waals surface area (Å²) in [6, 6.07) is 6.20. The third-order valence-electron chi connectivity index (χ3n) is 4.82. The summed E-state index contributed by atoms with van der Waals surface area (Å²) in [6.07, 6.45) is -3.23.